The first-order valence-corrected chi connectivity index (χ1v) is 7.28. The summed E-state index contributed by atoms with van der Waals surface area (Å²) < 4.78 is 5.75. The first-order valence-electron chi connectivity index (χ1n) is 7.28. The van der Waals surface area contributed by atoms with Crippen LogP contribution in [-0.2, 0) is 6.42 Å². The Kier molecular flexibility index (Phi) is 3.75. The summed E-state index contributed by atoms with van der Waals surface area (Å²) in [5.41, 5.74) is 10.0. The van der Waals surface area contributed by atoms with Crippen LogP contribution in [0, 0.1) is 6.92 Å². The van der Waals surface area contributed by atoms with Crippen molar-refractivity contribution in [2.24, 2.45) is 5.73 Å². The summed E-state index contributed by atoms with van der Waals surface area (Å²) in [5, 5.41) is 0. The van der Waals surface area contributed by atoms with Gasteiger partial charge in [0.2, 0.25) is 0 Å². The van der Waals surface area contributed by atoms with E-state index in [2.05, 4.69) is 43.3 Å². The molecule has 1 saturated carbocycles. The lowest BCUT2D eigenvalue weighted by molar-refractivity contribution is 0.303. The molecule has 0 aliphatic heterocycles. The highest BCUT2D eigenvalue weighted by molar-refractivity contribution is 5.31. The highest BCUT2D eigenvalue weighted by atomic mass is 16.5. The first kappa shape index (κ1) is 13.2. The maximum atomic E-state index is 6.30. The Hall–Kier alpha value is -1.80. The summed E-state index contributed by atoms with van der Waals surface area (Å²) in [6, 6.07) is 16.8. The molecule has 1 fully saturated rings. The van der Waals surface area contributed by atoms with E-state index >= 15 is 0 Å². The lowest BCUT2D eigenvalue weighted by atomic mass is 9.99. The van der Waals surface area contributed by atoms with Crippen LogP contribution in [0.5, 0.6) is 5.75 Å². The Labute approximate surface area is 120 Å². The average Bonchev–Trinajstić information content (AvgIpc) is 3.23. The van der Waals surface area contributed by atoms with Crippen LogP contribution >= 0.6 is 0 Å². The van der Waals surface area contributed by atoms with Crippen LogP contribution in [0.25, 0.3) is 0 Å². The van der Waals surface area contributed by atoms with Crippen LogP contribution in [0.4, 0.5) is 0 Å². The van der Waals surface area contributed by atoms with E-state index in [1.165, 1.54) is 24.0 Å². The van der Waals surface area contributed by atoms with E-state index in [-0.39, 0.29) is 6.04 Å². The van der Waals surface area contributed by atoms with Gasteiger partial charge in [-0.3, -0.25) is 0 Å². The van der Waals surface area contributed by atoms with Crippen LogP contribution in [0.15, 0.2) is 48.5 Å². The Morgan fingerprint density at radius 1 is 1.15 bits per heavy atom. The molecule has 20 heavy (non-hydrogen) atoms. The third-order valence-corrected chi connectivity index (χ3v) is 3.67. The van der Waals surface area contributed by atoms with Crippen LogP contribution in [0.2, 0.25) is 0 Å². The van der Waals surface area contributed by atoms with Crippen LogP contribution in [0.1, 0.15) is 35.6 Å². The monoisotopic (exact) mass is 267 g/mol. The van der Waals surface area contributed by atoms with Crippen molar-refractivity contribution in [3.63, 3.8) is 0 Å². The van der Waals surface area contributed by atoms with Gasteiger partial charge in [-0.2, -0.15) is 0 Å². The zero-order valence-electron chi connectivity index (χ0n) is 11.9. The average molecular weight is 267 g/mol. The normalized spacial score (nSPS) is 15.9. The highest BCUT2D eigenvalue weighted by Gasteiger charge is 2.23. The van der Waals surface area contributed by atoms with Crippen molar-refractivity contribution >= 4 is 0 Å². The molecular weight excluding hydrogens is 246 g/mol. The molecule has 2 heteroatoms. The van der Waals surface area contributed by atoms with Gasteiger partial charge in [-0.1, -0.05) is 42.0 Å². The molecule has 0 saturated heterocycles. The number of ether oxygens (including phenoxy) is 1. The standard InChI is InChI=1S/C18H21NO/c1-13-3-2-4-14(11-13)12-18(19)15-5-7-16(8-6-15)20-17-9-10-17/h2-8,11,17-18H,9-10,12,19H2,1H3. The summed E-state index contributed by atoms with van der Waals surface area (Å²) in [5.74, 6) is 0.957. The summed E-state index contributed by atoms with van der Waals surface area (Å²) in [4.78, 5) is 0. The Morgan fingerprint density at radius 3 is 2.55 bits per heavy atom. The van der Waals surface area contributed by atoms with Gasteiger partial charge in [-0.25, -0.2) is 0 Å². The minimum atomic E-state index is 0.0341. The SMILES string of the molecule is Cc1cccc(CC(N)c2ccc(OC3CC3)cc2)c1. The van der Waals surface area contributed by atoms with E-state index in [4.69, 9.17) is 10.5 Å². The van der Waals surface area contributed by atoms with Crippen molar-refractivity contribution in [1.82, 2.24) is 0 Å². The van der Waals surface area contributed by atoms with E-state index < -0.39 is 0 Å². The van der Waals surface area contributed by atoms with E-state index in [1.807, 2.05) is 12.1 Å². The van der Waals surface area contributed by atoms with Crippen molar-refractivity contribution in [2.75, 3.05) is 0 Å². The lowest BCUT2D eigenvalue weighted by Gasteiger charge is -2.13. The van der Waals surface area contributed by atoms with Gasteiger partial charge in [-0.05, 0) is 49.4 Å². The quantitative estimate of drug-likeness (QED) is 0.894. The molecule has 0 radical (unpaired) electrons. The van der Waals surface area contributed by atoms with Gasteiger partial charge in [0.25, 0.3) is 0 Å². The van der Waals surface area contributed by atoms with Crippen molar-refractivity contribution < 1.29 is 4.74 Å². The molecule has 0 bridgehead atoms. The molecule has 2 N–H and O–H groups in total. The Bertz CT molecular complexity index is 572. The summed E-state index contributed by atoms with van der Waals surface area (Å²) in [6.07, 6.45) is 3.69. The van der Waals surface area contributed by atoms with Gasteiger partial charge in [0.1, 0.15) is 5.75 Å². The zero-order valence-corrected chi connectivity index (χ0v) is 11.9. The summed E-state index contributed by atoms with van der Waals surface area (Å²) in [6.45, 7) is 2.11. The van der Waals surface area contributed by atoms with Crippen molar-refractivity contribution in [2.45, 2.75) is 38.3 Å². The summed E-state index contributed by atoms with van der Waals surface area (Å²) in [7, 11) is 0. The molecule has 104 valence electrons. The van der Waals surface area contributed by atoms with Gasteiger partial charge < -0.3 is 10.5 Å². The molecule has 1 unspecified atom stereocenters. The topological polar surface area (TPSA) is 35.2 Å². The largest absolute Gasteiger partial charge is 0.490 e. The van der Waals surface area contributed by atoms with Gasteiger partial charge in [0.05, 0.1) is 6.10 Å². The summed E-state index contributed by atoms with van der Waals surface area (Å²) >= 11 is 0. The molecule has 0 heterocycles. The molecule has 2 aromatic rings. The fourth-order valence-corrected chi connectivity index (χ4v) is 2.38. The van der Waals surface area contributed by atoms with Gasteiger partial charge in [-0.15, -0.1) is 0 Å². The molecular formula is C18H21NO. The van der Waals surface area contributed by atoms with E-state index in [0.29, 0.717) is 6.10 Å². The molecule has 0 amide bonds. The second kappa shape index (κ2) is 5.68. The predicted octanol–water partition coefficient (Wildman–Crippen LogP) is 3.78. The third kappa shape index (κ3) is 3.40. The van der Waals surface area contributed by atoms with Crippen molar-refractivity contribution in [3.05, 3.63) is 65.2 Å². The maximum Gasteiger partial charge on any atom is 0.119 e. The van der Waals surface area contributed by atoms with Crippen molar-refractivity contribution in [1.29, 1.82) is 0 Å². The highest BCUT2D eigenvalue weighted by Crippen LogP contribution is 2.27. The smallest absolute Gasteiger partial charge is 0.119 e. The number of hydrogen-bond acceptors (Lipinski definition) is 2. The minimum Gasteiger partial charge on any atom is -0.490 e. The number of aryl methyl sites for hydroxylation is 1. The minimum absolute atomic E-state index is 0.0341. The van der Waals surface area contributed by atoms with Crippen LogP contribution in [-0.4, -0.2) is 6.10 Å². The molecule has 1 aliphatic carbocycles. The van der Waals surface area contributed by atoms with Gasteiger partial charge >= 0.3 is 0 Å². The van der Waals surface area contributed by atoms with Crippen molar-refractivity contribution in [3.8, 4) is 5.75 Å². The second-order valence-electron chi connectivity index (χ2n) is 5.69. The molecule has 2 aromatic carbocycles. The molecule has 2 nitrogen and oxygen atoms in total. The Balaban J connectivity index is 1.65. The number of nitrogens with two attached hydrogens (primary N) is 1. The van der Waals surface area contributed by atoms with Crippen LogP contribution in [0.3, 0.4) is 0 Å². The fraction of sp³-hybridized carbons (Fsp3) is 0.333. The zero-order chi connectivity index (χ0) is 13.9. The third-order valence-electron chi connectivity index (χ3n) is 3.67. The Morgan fingerprint density at radius 2 is 1.90 bits per heavy atom. The van der Waals surface area contributed by atoms with Gasteiger partial charge in [0, 0.05) is 6.04 Å². The lowest BCUT2D eigenvalue weighted by Crippen LogP contribution is -2.13. The maximum absolute atomic E-state index is 6.30. The molecule has 0 spiro atoms. The van der Waals surface area contributed by atoms with Gasteiger partial charge in [0.15, 0.2) is 0 Å². The predicted molar refractivity (Wildman–Crippen MR) is 81.9 cm³/mol. The number of rotatable bonds is 5. The molecule has 1 atom stereocenters. The van der Waals surface area contributed by atoms with E-state index in [0.717, 1.165) is 17.7 Å². The first-order chi connectivity index (χ1) is 9.70. The van der Waals surface area contributed by atoms with Crippen LogP contribution < -0.4 is 10.5 Å². The molecule has 0 aromatic heterocycles. The number of benzene rings is 2. The fourth-order valence-electron chi connectivity index (χ4n) is 2.38. The number of hydrogen-bond donors (Lipinski definition) is 1. The molecule has 1 aliphatic rings. The molecule has 3 rings (SSSR count). The van der Waals surface area contributed by atoms with E-state index in [1.54, 1.807) is 0 Å². The van der Waals surface area contributed by atoms with E-state index in [9.17, 15) is 0 Å². The second-order valence-corrected chi connectivity index (χ2v) is 5.69.